The van der Waals surface area contributed by atoms with Crippen molar-refractivity contribution in [1.82, 2.24) is 15.2 Å². The quantitative estimate of drug-likeness (QED) is 0.729. The molecule has 0 saturated heterocycles. The number of ether oxygens (including phenoxy) is 1. The smallest absolute Gasteiger partial charge is 0.338 e. The molecule has 0 aliphatic heterocycles. The Hall–Kier alpha value is -2.69. The summed E-state index contributed by atoms with van der Waals surface area (Å²) < 4.78 is 44.0. The largest absolute Gasteiger partial charge is 0.478 e. The number of methoxy groups -OCH3 is 1. The monoisotopic (exact) mass is 316 g/mol. The number of carbonyl (C=O) groups is 1. The molecule has 1 aromatic heterocycles. The zero-order valence-corrected chi connectivity index (χ0v) is 11.3. The van der Waals surface area contributed by atoms with Crippen molar-refractivity contribution >= 4 is 21.9 Å². The maximum absolute atomic E-state index is 13.2. The average molecular weight is 316 g/mol. The second kappa shape index (κ2) is 5.36. The number of hydrogen-bond donors (Lipinski definition) is 3. The number of benzene rings is 1. The second-order valence-corrected chi connectivity index (χ2v) is 5.41. The number of carboxylic acid groups (broad SMARTS) is 1. The Morgan fingerprint density at radius 2 is 2.19 bits per heavy atom. The molecule has 2 rings (SSSR count). The van der Waals surface area contributed by atoms with Crippen LogP contribution in [-0.4, -0.2) is 41.8 Å². The lowest BCUT2D eigenvalue weighted by atomic mass is 10.2. The summed E-state index contributed by atoms with van der Waals surface area (Å²) >= 11 is 0. The summed E-state index contributed by atoms with van der Waals surface area (Å²) in [6.45, 7) is 0. The minimum Gasteiger partial charge on any atom is -0.478 e. The van der Waals surface area contributed by atoms with Crippen LogP contribution < -0.4 is 9.46 Å². The average Bonchev–Trinajstić information content (AvgIpc) is 2.85. The highest BCUT2D eigenvalue weighted by molar-refractivity contribution is 7.92. The molecule has 1 aromatic carbocycles. The highest BCUT2D eigenvalue weighted by Gasteiger charge is 2.20. The number of anilines is 1. The molecule has 0 atom stereocenters. The summed E-state index contributed by atoms with van der Waals surface area (Å²) in [7, 11) is -2.86. The molecule has 1 heterocycles. The molecule has 3 N–H and O–H groups in total. The summed E-state index contributed by atoms with van der Waals surface area (Å²) in [5, 5.41) is 14.6. The topological polar surface area (TPSA) is 134 Å². The van der Waals surface area contributed by atoms with E-state index in [1.165, 1.54) is 7.11 Å². The number of carboxylic acids is 1. The van der Waals surface area contributed by atoms with Crippen molar-refractivity contribution in [3.8, 4) is 6.01 Å². The molecule has 0 amide bonds. The first-order chi connectivity index (χ1) is 9.83. The molecule has 2 aromatic rings. The predicted octanol–water partition coefficient (Wildman–Crippen LogP) is 0.451. The van der Waals surface area contributed by atoms with Crippen molar-refractivity contribution in [1.29, 1.82) is 0 Å². The van der Waals surface area contributed by atoms with E-state index in [1.807, 2.05) is 4.72 Å². The first-order valence-electron chi connectivity index (χ1n) is 5.35. The Morgan fingerprint density at radius 3 is 2.76 bits per heavy atom. The number of aromatic amines is 1. The number of hydrogen-bond acceptors (Lipinski definition) is 6. The molecule has 0 saturated carbocycles. The molecule has 11 heteroatoms. The SMILES string of the molecule is COc1n[nH]c(NS(=O)(=O)c2ccc(F)c(C(=O)O)c2)n1. The van der Waals surface area contributed by atoms with Crippen LogP contribution >= 0.6 is 0 Å². The molecule has 0 radical (unpaired) electrons. The van der Waals surface area contributed by atoms with Crippen LogP contribution in [0.1, 0.15) is 10.4 Å². The molecule has 0 aliphatic carbocycles. The van der Waals surface area contributed by atoms with Crippen LogP contribution in [-0.2, 0) is 10.0 Å². The molecule has 9 nitrogen and oxygen atoms in total. The van der Waals surface area contributed by atoms with Gasteiger partial charge in [0.2, 0.25) is 5.95 Å². The lowest BCUT2D eigenvalue weighted by molar-refractivity contribution is 0.0691. The van der Waals surface area contributed by atoms with Crippen molar-refractivity contribution in [3.05, 3.63) is 29.6 Å². The van der Waals surface area contributed by atoms with Gasteiger partial charge in [-0.15, -0.1) is 5.10 Å². The number of nitrogens with zero attached hydrogens (tertiary/aromatic N) is 2. The van der Waals surface area contributed by atoms with Gasteiger partial charge in [-0.25, -0.2) is 27.4 Å². The Kier molecular flexibility index (Phi) is 3.76. The molecule has 0 bridgehead atoms. The van der Waals surface area contributed by atoms with E-state index in [9.17, 15) is 17.6 Å². The Balaban J connectivity index is 2.35. The van der Waals surface area contributed by atoms with E-state index < -0.39 is 32.3 Å². The van der Waals surface area contributed by atoms with Crippen molar-refractivity contribution in [2.75, 3.05) is 11.8 Å². The first kappa shape index (κ1) is 14.7. The fourth-order valence-corrected chi connectivity index (χ4v) is 2.39. The Morgan fingerprint density at radius 1 is 1.48 bits per heavy atom. The van der Waals surface area contributed by atoms with E-state index in [0.717, 1.165) is 12.1 Å². The number of aromatic carboxylic acids is 1. The standard InChI is InChI=1S/C10H9FN4O5S/c1-20-10-12-9(13-14-10)15-21(18,19)5-2-3-7(11)6(4-5)8(16)17/h2-4H,1H3,(H,16,17)(H2,12,13,14,15). The highest BCUT2D eigenvalue weighted by Crippen LogP contribution is 2.18. The number of halogens is 1. The number of aromatic nitrogens is 3. The van der Waals surface area contributed by atoms with Gasteiger partial charge in [-0.3, -0.25) is 0 Å². The third-order valence-electron chi connectivity index (χ3n) is 2.36. The zero-order valence-electron chi connectivity index (χ0n) is 10.5. The van der Waals surface area contributed by atoms with E-state index in [1.54, 1.807) is 0 Å². The van der Waals surface area contributed by atoms with Gasteiger partial charge in [0, 0.05) is 0 Å². The van der Waals surface area contributed by atoms with E-state index >= 15 is 0 Å². The highest BCUT2D eigenvalue weighted by atomic mass is 32.2. The van der Waals surface area contributed by atoms with Crippen LogP contribution in [0.25, 0.3) is 0 Å². The second-order valence-electron chi connectivity index (χ2n) is 3.72. The third kappa shape index (κ3) is 3.08. The van der Waals surface area contributed by atoms with Crippen LogP contribution in [0.15, 0.2) is 23.1 Å². The van der Waals surface area contributed by atoms with Crippen molar-refractivity contribution < 1.29 is 27.4 Å². The number of rotatable bonds is 5. The third-order valence-corrected chi connectivity index (χ3v) is 3.69. The summed E-state index contributed by atoms with van der Waals surface area (Å²) in [4.78, 5) is 14.0. The predicted molar refractivity (Wildman–Crippen MR) is 67.1 cm³/mol. The molecular formula is C10H9FN4O5S. The fourth-order valence-electron chi connectivity index (χ4n) is 1.40. The van der Waals surface area contributed by atoms with E-state index in [-0.39, 0.29) is 12.0 Å². The van der Waals surface area contributed by atoms with Crippen molar-refractivity contribution in [2.45, 2.75) is 4.90 Å². The molecular weight excluding hydrogens is 307 g/mol. The van der Waals surface area contributed by atoms with E-state index in [0.29, 0.717) is 6.07 Å². The summed E-state index contributed by atoms with van der Waals surface area (Å²) in [6, 6.07) is 2.29. The van der Waals surface area contributed by atoms with Gasteiger partial charge in [-0.05, 0) is 18.2 Å². The lowest BCUT2D eigenvalue weighted by Gasteiger charge is -2.06. The van der Waals surface area contributed by atoms with Gasteiger partial charge in [-0.1, -0.05) is 0 Å². The minimum absolute atomic E-state index is 0.0852. The van der Waals surface area contributed by atoms with Crippen LogP contribution in [0.5, 0.6) is 6.01 Å². The van der Waals surface area contributed by atoms with Crippen LogP contribution in [0.4, 0.5) is 10.3 Å². The Bertz CT molecular complexity index is 788. The summed E-state index contributed by atoms with van der Waals surface area (Å²) in [5.74, 6) is -2.85. The molecule has 0 unspecified atom stereocenters. The van der Waals surface area contributed by atoms with Gasteiger partial charge in [-0.2, -0.15) is 4.98 Å². The van der Waals surface area contributed by atoms with Gasteiger partial charge in [0.05, 0.1) is 17.6 Å². The van der Waals surface area contributed by atoms with Gasteiger partial charge in [0.1, 0.15) is 5.82 Å². The number of sulfonamides is 1. The first-order valence-corrected chi connectivity index (χ1v) is 6.84. The maximum atomic E-state index is 13.2. The van der Waals surface area contributed by atoms with Crippen LogP contribution in [0, 0.1) is 5.82 Å². The zero-order chi connectivity index (χ0) is 15.6. The molecule has 112 valence electrons. The van der Waals surface area contributed by atoms with E-state index in [2.05, 4.69) is 19.9 Å². The van der Waals surface area contributed by atoms with E-state index in [4.69, 9.17) is 5.11 Å². The van der Waals surface area contributed by atoms with Gasteiger partial charge in [0.15, 0.2) is 0 Å². The van der Waals surface area contributed by atoms with Crippen molar-refractivity contribution in [3.63, 3.8) is 0 Å². The van der Waals surface area contributed by atoms with Crippen LogP contribution in [0.3, 0.4) is 0 Å². The lowest BCUT2D eigenvalue weighted by Crippen LogP contribution is -2.15. The molecule has 0 fully saturated rings. The number of nitrogens with one attached hydrogen (secondary N) is 2. The van der Waals surface area contributed by atoms with Crippen LogP contribution in [0.2, 0.25) is 0 Å². The maximum Gasteiger partial charge on any atom is 0.338 e. The molecule has 0 aliphatic rings. The minimum atomic E-state index is -4.15. The van der Waals surface area contributed by atoms with Gasteiger partial charge >= 0.3 is 12.0 Å². The Labute approximate surface area is 117 Å². The van der Waals surface area contributed by atoms with Crippen molar-refractivity contribution in [2.24, 2.45) is 0 Å². The summed E-state index contributed by atoms with van der Waals surface area (Å²) in [6.07, 6.45) is 0. The molecule has 0 spiro atoms. The van der Waals surface area contributed by atoms with Gasteiger partial charge in [0.25, 0.3) is 10.0 Å². The summed E-state index contributed by atoms with van der Waals surface area (Å²) in [5.41, 5.74) is -0.756. The van der Waals surface area contributed by atoms with Gasteiger partial charge < -0.3 is 9.84 Å². The molecule has 21 heavy (non-hydrogen) atoms. The fraction of sp³-hybridized carbons (Fsp3) is 0.100. The number of H-pyrrole nitrogens is 1. The normalized spacial score (nSPS) is 11.1.